The molecule has 1 aromatic heterocycles. The number of carbonyl (C=O) groups excluding carboxylic acids is 1. The third-order valence-electron chi connectivity index (χ3n) is 6.86. The number of carbonyl (C=O) groups is 1. The number of hydrogen-bond donors (Lipinski definition) is 0. The second-order valence-electron chi connectivity index (χ2n) is 9.57. The van der Waals surface area contributed by atoms with Crippen LogP contribution in [-0.2, 0) is 6.42 Å². The fraction of sp³-hybridized carbons (Fsp3) is 0.250. The normalized spacial score (nSPS) is 15.1. The van der Waals surface area contributed by atoms with Crippen molar-refractivity contribution in [3.05, 3.63) is 105 Å². The summed E-state index contributed by atoms with van der Waals surface area (Å²) in [4.78, 5) is 26.1. The van der Waals surface area contributed by atoms with Gasteiger partial charge in [-0.25, -0.2) is 4.79 Å². The average Bonchev–Trinajstić information content (AvgIpc) is 2.91. The first-order valence-electron chi connectivity index (χ1n) is 12.6. The third-order valence-corrected chi connectivity index (χ3v) is 6.86. The van der Waals surface area contributed by atoms with Gasteiger partial charge in [-0.05, 0) is 81.1 Å². The van der Waals surface area contributed by atoms with Crippen LogP contribution < -0.4 is 15.1 Å². The van der Waals surface area contributed by atoms with Gasteiger partial charge < -0.3 is 13.9 Å². The fourth-order valence-electron chi connectivity index (χ4n) is 4.84. The molecule has 5 heteroatoms. The Kier molecular flexibility index (Phi) is 6.95. The maximum atomic E-state index is 13.2. The average molecular weight is 495 g/mol. The van der Waals surface area contributed by atoms with Crippen molar-refractivity contribution in [3.63, 3.8) is 0 Å². The zero-order valence-electron chi connectivity index (χ0n) is 21.4. The molecule has 4 aromatic rings. The molecule has 0 fully saturated rings. The molecule has 5 rings (SSSR count). The molecule has 3 aromatic carbocycles. The van der Waals surface area contributed by atoms with Crippen molar-refractivity contribution in [1.29, 1.82) is 0 Å². The molecule has 37 heavy (non-hydrogen) atoms. The lowest BCUT2D eigenvalue weighted by atomic mass is 9.96. The molecular weight excluding hydrogens is 464 g/mol. The number of allylic oxidation sites excluding steroid dienone is 1. The molecule has 0 spiro atoms. The van der Waals surface area contributed by atoms with Crippen molar-refractivity contribution >= 4 is 16.8 Å². The first-order valence-corrected chi connectivity index (χ1v) is 12.6. The predicted molar refractivity (Wildman–Crippen MR) is 146 cm³/mol. The van der Waals surface area contributed by atoms with Crippen molar-refractivity contribution in [2.45, 2.75) is 45.6 Å². The van der Waals surface area contributed by atoms with Gasteiger partial charge in [0.25, 0.3) is 0 Å². The number of methoxy groups -OCH3 is 1. The van der Waals surface area contributed by atoms with Crippen LogP contribution in [0.3, 0.4) is 0 Å². The van der Waals surface area contributed by atoms with Gasteiger partial charge in [0, 0.05) is 34.1 Å². The van der Waals surface area contributed by atoms with E-state index >= 15 is 0 Å². The number of fused-ring (bicyclic) bond motifs is 1. The van der Waals surface area contributed by atoms with Crippen LogP contribution in [0, 0.1) is 13.8 Å². The van der Waals surface area contributed by atoms with Crippen LogP contribution in [0.2, 0.25) is 0 Å². The summed E-state index contributed by atoms with van der Waals surface area (Å²) in [7, 11) is 1.61. The Morgan fingerprint density at radius 2 is 1.86 bits per heavy atom. The van der Waals surface area contributed by atoms with Crippen LogP contribution in [0.4, 0.5) is 0 Å². The quantitative estimate of drug-likeness (QED) is 0.157. The summed E-state index contributed by atoms with van der Waals surface area (Å²) in [5.74, 6) is 1.23. The van der Waals surface area contributed by atoms with Gasteiger partial charge in [0.2, 0.25) is 0 Å². The van der Waals surface area contributed by atoms with E-state index in [0.29, 0.717) is 28.2 Å². The Morgan fingerprint density at radius 1 is 1.03 bits per heavy atom. The third kappa shape index (κ3) is 5.21. The minimum atomic E-state index is -0.508. The SMILES string of the molecule is COc1ccc(C(=O)Cc2cc3ccc(OC4C=CCCC4)c(C)c3oc2=O)cc1-c1cccc(C)c1. The van der Waals surface area contributed by atoms with Crippen LogP contribution in [0.5, 0.6) is 11.5 Å². The molecule has 188 valence electrons. The van der Waals surface area contributed by atoms with Crippen molar-refractivity contribution in [2.75, 3.05) is 7.11 Å². The number of benzene rings is 3. The van der Waals surface area contributed by atoms with E-state index in [9.17, 15) is 9.59 Å². The number of Topliss-reactive ketones (excluding diaryl/α,β-unsaturated/α-hetero) is 1. The first-order chi connectivity index (χ1) is 17.9. The molecule has 1 heterocycles. The minimum Gasteiger partial charge on any atom is -0.496 e. The highest BCUT2D eigenvalue weighted by molar-refractivity contribution is 5.99. The Balaban J connectivity index is 1.42. The van der Waals surface area contributed by atoms with Crippen LogP contribution in [-0.4, -0.2) is 19.0 Å². The lowest BCUT2D eigenvalue weighted by Gasteiger charge is -2.20. The van der Waals surface area contributed by atoms with Crippen LogP contribution in [0.15, 0.2) is 82.0 Å². The van der Waals surface area contributed by atoms with Crippen LogP contribution >= 0.6 is 0 Å². The smallest absolute Gasteiger partial charge is 0.339 e. The zero-order valence-corrected chi connectivity index (χ0v) is 21.4. The summed E-state index contributed by atoms with van der Waals surface area (Å²) in [6.45, 7) is 3.91. The van der Waals surface area contributed by atoms with Crippen LogP contribution in [0.1, 0.15) is 46.3 Å². The van der Waals surface area contributed by atoms with Crippen molar-refractivity contribution < 1.29 is 18.7 Å². The maximum absolute atomic E-state index is 13.2. The van der Waals surface area contributed by atoms with E-state index in [4.69, 9.17) is 13.9 Å². The van der Waals surface area contributed by atoms with Gasteiger partial charge in [0.1, 0.15) is 23.2 Å². The van der Waals surface area contributed by atoms with E-state index in [1.165, 1.54) is 0 Å². The lowest BCUT2D eigenvalue weighted by molar-refractivity contribution is 0.0992. The van der Waals surface area contributed by atoms with Gasteiger partial charge in [-0.1, -0.05) is 35.9 Å². The molecule has 0 saturated heterocycles. The summed E-state index contributed by atoms with van der Waals surface area (Å²) < 4.78 is 17.4. The van der Waals surface area contributed by atoms with Gasteiger partial charge in [-0.2, -0.15) is 0 Å². The van der Waals surface area contributed by atoms with Crippen molar-refractivity contribution in [2.24, 2.45) is 0 Å². The van der Waals surface area contributed by atoms with E-state index in [1.54, 1.807) is 25.3 Å². The monoisotopic (exact) mass is 494 g/mol. The number of rotatable bonds is 7. The van der Waals surface area contributed by atoms with Gasteiger partial charge in [-0.3, -0.25) is 4.79 Å². The first kappa shape index (κ1) is 24.6. The van der Waals surface area contributed by atoms with E-state index in [-0.39, 0.29) is 18.3 Å². The number of ether oxygens (including phenoxy) is 2. The van der Waals surface area contributed by atoms with E-state index in [0.717, 1.165) is 46.9 Å². The number of ketones is 1. The zero-order chi connectivity index (χ0) is 25.9. The molecule has 1 aliphatic rings. The Morgan fingerprint density at radius 3 is 2.62 bits per heavy atom. The van der Waals surface area contributed by atoms with Gasteiger partial charge in [-0.15, -0.1) is 0 Å². The molecule has 1 aliphatic carbocycles. The van der Waals surface area contributed by atoms with E-state index in [1.807, 2.05) is 50.2 Å². The molecular formula is C32H30O5. The summed E-state index contributed by atoms with van der Waals surface area (Å²) in [5, 5.41) is 0.765. The molecule has 0 aliphatic heterocycles. The molecule has 0 N–H and O–H groups in total. The summed E-state index contributed by atoms with van der Waals surface area (Å²) in [5.41, 5.74) is 4.52. The summed E-state index contributed by atoms with van der Waals surface area (Å²) >= 11 is 0. The molecule has 0 radical (unpaired) electrons. The predicted octanol–water partition coefficient (Wildman–Crippen LogP) is 7.00. The van der Waals surface area contributed by atoms with Crippen molar-refractivity contribution in [1.82, 2.24) is 0 Å². The highest BCUT2D eigenvalue weighted by atomic mass is 16.5. The number of aryl methyl sites for hydroxylation is 2. The molecule has 0 bridgehead atoms. The molecule has 1 atom stereocenters. The topological polar surface area (TPSA) is 65.7 Å². The summed E-state index contributed by atoms with van der Waals surface area (Å²) in [6, 6.07) is 18.9. The second kappa shape index (κ2) is 10.5. The second-order valence-corrected chi connectivity index (χ2v) is 9.57. The summed E-state index contributed by atoms with van der Waals surface area (Å²) in [6.07, 6.45) is 7.35. The van der Waals surface area contributed by atoms with Gasteiger partial charge in [0.15, 0.2) is 5.78 Å². The molecule has 5 nitrogen and oxygen atoms in total. The fourth-order valence-corrected chi connectivity index (χ4v) is 4.84. The largest absolute Gasteiger partial charge is 0.496 e. The molecule has 1 unspecified atom stereocenters. The minimum absolute atomic E-state index is 0.0303. The molecule has 0 amide bonds. The van der Waals surface area contributed by atoms with Crippen molar-refractivity contribution in [3.8, 4) is 22.6 Å². The number of hydrogen-bond acceptors (Lipinski definition) is 5. The maximum Gasteiger partial charge on any atom is 0.339 e. The Hall–Kier alpha value is -4.12. The standard InChI is InChI=1S/C32H30O5/c1-20-8-7-9-22(16-20)27-18-23(12-15-30(27)35-3)28(33)19-25-17-24-13-14-29(21(2)31(24)37-32(25)34)36-26-10-5-4-6-11-26/h5,7-10,12-18,26H,4,6,11,19H2,1-3H3. The van der Waals surface area contributed by atoms with E-state index in [2.05, 4.69) is 18.2 Å². The van der Waals surface area contributed by atoms with Gasteiger partial charge >= 0.3 is 5.63 Å². The highest BCUT2D eigenvalue weighted by Crippen LogP contribution is 2.32. The Labute approximate surface area is 216 Å². The molecule has 0 saturated carbocycles. The van der Waals surface area contributed by atoms with E-state index < -0.39 is 5.63 Å². The van der Waals surface area contributed by atoms with Crippen LogP contribution in [0.25, 0.3) is 22.1 Å². The van der Waals surface area contributed by atoms with Gasteiger partial charge in [0.05, 0.1) is 7.11 Å². The lowest BCUT2D eigenvalue weighted by Crippen LogP contribution is -2.16. The highest BCUT2D eigenvalue weighted by Gasteiger charge is 2.18. The Bertz CT molecular complexity index is 1560.